The van der Waals surface area contributed by atoms with Gasteiger partial charge in [0, 0.05) is 32.5 Å². The Bertz CT molecular complexity index is 2330. The minimum atomic E-state index is -1.44. The number of benzene rings is 6. The van der Waals surface area contributed by atoms with Gasteiger partial charge in [0.25, 0.3) is 0 Å². The molecular weight excluding hydrogens is 613 g/mol. The molecule has 0 fully saturated rings. The molecule has 3 aliphatic rings. The summed E-state index contributed by atoms with van der Waals surface area (Å²) in [5.74, 6) is 0. The van der Waals surface area contributed by atoms with Gasteiger partial charge in [-0.2, -0.15) is 0 Å². The predicted molar refractivity (Wildman–Crippen MR) is 215 cm³/mol. The Hall–Kier alpha value is -5.25. The van der Waals surface area contributed by atoms with Gasteiger partial charge in [0.05, 0.1) is 16.4 Å². The smallest absolute Gasteiger partial charge is 0.0939 e. The predicted octanol–water partition coefficient (Wildman–Crippen LogP) is 13.7. The normalized spacial score (nSPS) is 18.0. The van der Waals surface area contributed by atoms with E-state index in [1.54, 1.807) is 6.08 Å². The molecule has 7 aromatic rings. The van der Waals surface area contributed by atoms with Crippen LogP contribution in [0.25, 0.3) is 60.9 Å². The van der Waals surface area contributed by atoms with Crippen molar-refractivity contribution in [3.63, 3.8) is 0 Å². The second-order valence-corrected chi connectivity index (χ2v) is 14.9. The molecule has 3 aliphatic heterocycles. The standard InChI is InChI=1S/C39H26N2S.C3H6.2C2H6/c1-3-9-25(10-4-1)26-11-7-12-27(23-26)28-17-20-35-32(24-28)30-18-19-34-37-36-31(39-40-21-22-42(35,39)38(30)37)15-8-16-33(36)41(34)29-13-5-2-6-14-29;1-3-2;2*1-2/h1-24,39-40H;3H,1H2,2H3;2*1-2H3. The van der Waals surface area contributed by atoms with Crippen LogP contribution < -0.4 is 5.32 Å². The number of nitrogens with one attached hydrogen (secondary N) is 1. The Kier molecular flexibility index (Phi) is 8.79. The number of hydrogen-bond acceptors (Lipinski definition) is 1. The lowest BCUT2D eigenvalue weighted by Crippen LogP contribution is -2.18. The Morgan fingerprint density at radius 2 is 1.22 bits per heavy atom. The zero-order chi connectivity index (χ0) is 34.1. The molecule has 0 amide bonds. The molecule has 2 atom stereocenters. The molecule has 49 heavy (non-hydrogen) atoms. The molecule has 1 N–H and O–H groups in total. The Morgan fingerprint density at radius 1 is 0.612 bits per heavy atom. The highest BCUT2D eigenvalue weighted by molar-refractivity contribution is 8.37. The van der Waals surface area contributed by atoms with Crippen LogP contribution >= 0.6 is 10.0 Å². The van der Waals surface area contributed by atoms with Crippen LogP contribution in [0.4, 0.5) is 0 Å². The van der Waals surface area contributed by atoms with E-state index in [9.17, 15) is 0 Å². The largest absolute Gasteiger partial charge is 0.375 e. The summed E-state index contributed by atoms with van der Waals surface area (Å²) in [5.41, 5.74) is 13.0. The summed E-state index contributed by atoms with van der Waals surface area (Å²) < 4.78 is 2.47. The van der Waals surface area contributed by atoms with E-state index in [1.165, 1.54) is 76.2 Å². The second kappa shape index (κ2) is 13.3. The van der Waals surface area contributed by atoms with Crippen LogP contribution in [0.15, 0.2) is 168 Å². The van der Waals surface area contributed by atoms with Crippen molar-refractivity contribution in [3.05, 3.63) is 163 Å². The molecule has 0 aliphatic carbocycles. The maximum atomic E-state index is 3.84. The average Bonchev–Trinajstić information content (AvgIpc) is 3.86. The number of fused-ring (bicyclic) bond motifs is 3. The summed E-state index contributed by atoms with van der Waals surface area (Å²) in [7, 11) is -1.44. The molecule has 2 nitrogen and oxygen atoms in total. The van der Waals surface area contributed by atoms with Gasteiger partial charge in [0.15, 0.2) is 0 Å². The van der Waals surface area contributed by atoms with E-state index in [0.717, 1.165) is 0 Å². The summed E-state index contributed by atoms with van der Waals surface area (Å²) >= 11 is 0. The first-order valence-corrected chi connectivity index (χ1v) is 19.3. The van der Waals surface area contributed by atoms with E-state index >= 15 is 0 Å². The highest BCUT2D eigenvalue weighted by Crippen LogP contribution is 2.83. The molecule has 0 saturated carbocycles. The fourth-order valence-electron chi connectivity index (χ4n) is 7.71. The van der Waals surface area contributed by atoms with Crippen molar-refractivity contribution in [2.45, 2.75) is 49.8 Å². The number of hydrogen-bond donors (Lipinski definition) is 1. The summed E-state index contributed by atoms with van der Waals surface area (Å²) in [5, 5.41) is 9.44. The van der Waals surface area contributed by atoms with Gasteiger partial charge in [0.2, 0.25) is 0 Å². The molecule has 0 bridgehead atoms. The first kappa shape index (κ1) is 32.3. The fraction of sp³-hybridized carbons (Fsp3) is 0.130. The van der Waals surface area contributed by atoms with Gasteiger partial charge in [-0.25, -0.2) is 0 Å². The molecule has 1 spiro atoms. The molecule has 0 saturated heterocycles. The maximum absolute atomic E-state index is 3.84. The number of allylic oxidation sites excluding steroid dienone is 1. The third-order valence-electron chi connectivity index (χ3n) is 9.42. The van der Waals surface area contributed by atoms with Gasteiger partial charge in [-0.15, -0.1) is 16.6 Å². The first-order valence-electron chi connectivity index (χ1n) is 17.5. The van der Waals surface area contributed by atoms with Gasteiger partial charge in [-0.05, 0) is 93.7 Å². The van der Waals surface area contributed by atoms with Crippen molar-refractivity contribution in [3.8, 4) is 39.1 Å². The zero-order valence-corrected chi connectivity index (χ0v) is 29.9. The molecule has 3 heteroatoms. The fourth-order valence-corrected chi connectivity index (χ4v) is 12.0. The van der Waals surface area contributed by atoms with Crippen LogP contribution in [-0.4, -0.2) is 4.57 Å². The summed E-state index contributed by atoms with van der Waals surface area (Å²) in [6, 6.07) is 49.3. The molecule has 0 radical (unpaired) electrons. The summed E-state index contributed by atoms with van der Waals surface area (Å²) in [4.78, 5) is 3.02. The molecule has 4 heterocycles. The van der Waals surface area contributed by atoms with Crippen molar-refractivity contribution >= 4 is 31.8 Å². The third-order valence-corrected chi connectivity index (χ3v) is 13.3. The third kappa shape index (κ3) is 4.79. The average molecular weight is 657 g/mol. The molecule has 2 unspecified atom stereocenters. The lowest BCUT2D eigenvalue weighted by Gasteiger charge is -2.41. The van der Waals surface area contributed by atoms with E-state index in [-0.39, 0.29) is 5.37 Å². The highest BCUT2D eigenvalue weighted by Gasteiger charge is 2.50. The summed E-state index contributed by atoms with van der Waals surface area (Å²) in [6.07, 6.45) is 3.98. The summed E-state index contributed by atoms with van der Waals surface area (Å²) in [6.45, 7) is 13.2. The van der Waals surface area contributed by atoms with Gasteiger partial charge in [0.1, 0.15) is 0 Å². The molecule has 244 valence electrons. The van der Waals surface area contributed by atoms with Crippen LogP contribution in [0.2, 0.25) is 0 Å². The Morgan fingerprint density at radius 3 is 1.96 bits per heavy atom. The van der Waals surface area contributed by atoms with Crippen molar-refractivity contribution in [2.24, 2.45) is 0 Å². The van der Waals surface area contributed by atoms with E-state index in [4.69, 9.17) is 0 Å². The highest BCUT2D eigenvalue weighted by atomic mass is 32.3. The molecular formula is C46H44N2S. The second-order valence-electron chi connectivity index (χ2n) is 11.9. The first-order chi connectivity index (χ1) is 24.2. The minimum absolute atomic E-state index is 0.248. The monoisotopic (exact) mass is 656 g/mol. The van der Waals surface area contributed by atoms with Crippen molar-refractivity contribution in [1.29, 1.82) is 0 Å². The van der Waals surface area contributed by atoms with Crippen LogP contribution in [0, 0.1) is 0 Å². The van der Waals surface area contributed by atoms with Gasteiger partial charge in [-0.1, -0.05) is 125 Å². The quantitative estimate of drug-likeness (QED) is 0.187. The van der Waals surface area contributed by atoms with Crippen molar-refractivity contribution in [1.82, 2.24) is 9.88 Å². The van der Waals surface area contributed by atoms with Gasteiger partial charge < -0.3 is 9.88 Å². The van der Waals surface area contributed by atoms with E-state index < -0.39 is 10.0 Å². The zero-order valence-electron chi connectivity index (χ0n) is 29.1. The van der Waals surface area contributed by atoms with Crippen LogP contribution in [0.5, 0.6) is 0 Å². The van der Waals surface area contributed by atoms with Crippen LogP contribution in [-0.2, 0) is 0 Å². The van der Waals surface area contributed by atoms with Gasteiger partial charge in [-0.3, -0.25) is 0 Å². The topological polar surface area (TPSA) is 17.0 Å². The number of nitrogens with zero attached hydrogens (tertiary/aromatic N) is 1. The lowest BCUT2D eigenvalue weighted by molar-refractivity contribution is 0.854. The Labute approximate surface area is 292 Å². The SMILES string of the molecule is C1=CS23c4ccc(-c5cccc(-c6ccccc6)c5)cc4-c4ccc5c(c42)c2c(cccc2n5-c2ccccc2)C3N1.C=CC.CC.CC. The van der Waals surface area contributed by atoms with Crippen molar-refractivity contribution in [2.75, 3.05) is 0 Å². The Balaban J connectivity index is 0.000000507. The number of rotatable bonds is 3. The minimum Gasteiger partial charge on any atom is -0.375 e. The maximum Gasteiger partial charge on any atom is 0.0939 e. The van der Waals surface area contributed by atoms with Crippen molar-refractivity contribution < 1.29 is 0 Å². The molecule has 1 aromatic heterocycles. The molecule has 10 rings (SSSR count). The van der Waals surface area contributed by atoms with E-state index in [1.807, 2.05) is 34.6 Å². The lowest BCUT2D eigenvalue weighted by atomic mass is 9.95. The van der Waals surface area contributed by atoms with E-state index in [2.05, 4.69) is 162 Å². The van der Waals surface area contributed by atoms with Crippen LogP contribution in [0.3, 0.4) is 0 Å². The molecule has 6 aromatic carbocycles. The van der Waals surface area contributed by atoms with E-state index in [0.29, 0.717) is 0 Å². The number of aromatic nitrogens is 1. The van der Waals surface area contributed by atoms with Gasteiger partial charge >= 0.3 is 0 Å². The number of para-hydroxylation sites is 1. The van der Waals surface area contributed by atoms with Crippen LogP contribution in [0.1, 0.15) is 45.6 Å².